The third kappa shape index (κ3) is 0.939. The summed E-state index contributed by atoms with van der Waals surface area (Å²) in [6, 6.07) is 8.53. The van der Waals surface area contributed by atoms with Crippen molar-refractivity contribution in [1.82, 2.24) is 5.32 Å². The highest BCUT2D eigenvalue weighted by molar-refractivity contribution is 5.81. The van der Waals surface area contributed by atoms with Gasteiger partial charge in [-0.15, -0.1) is 0 Å². The summed E-state index contributed by atoms with van der Waals surface area (Å²) in [4.78, 5) is 11.3. The van der Waals surface area contributed by atoms with Gasteiger partial charge in [-0.25, -0.2) is 0 Å². The van der Waals surface area contributed by atoms with E-state index in [-0.39, 0.29) is 11.3 Å². The van der Waals surface area contributed by atoms with Crippen molar-refractivity contribution in [3.63, 3.8) is 0 Å². The van der Waals surface area contributed by atoms with Gasteiger partial charge in [0.2, 0.25) is 5.91 Å². The van der Waals surface area contributed by atoms with Crippen LogP contribution in [-0.2, 0) is 16.6 Å². The maximum Gasteiger partial charge on any atom is 0.220 e. The van der Waals surface area contributed by atoms with Gasteiger partial charge in [0.05, 0.1) is 0 Å². The lowest BCUT2D eigenvalue weighted by atomic mass is 9.81. The number of benzene rings is 1. The molecule has 2 nitrogen and oxygen atoms in total. The maximum atomic E-state index is 11.3. The van der Waals surface area contributed by atoms with Gasteiger partial charge in [0.1, 0.15) is 0 Å². The van der Waals surface area contributed by atoms with E-state index in [0.717, 1.165) is 19.4 Å². The highest BCUT2D eigenvalue weighted by Gasteiger charge is 2.43. The molecule has 1 aliphatic carbocycles. The standard InChI is InChI=1S/C12H13NO/c14-11-7-12(8-13-11)6-5-9-3-1-2-4-10(9)12/h1-4H,5-8H2,(H,13,14). The molecule has 14 heavy (non-hydrogen) atoms. The topological polar surface area (TPSA) is 29.1 Å². The lowest BCUT2D eigenvalue weighted by Crippen LogP contribution is -2.25. The highest BCUT2D eigenvalue weighted by Crippen LogP contribution is 2.43. The number of hydrogen-bond donors (Lipinski definition) is 1. The monoisotopic (exact) mass is 187 g/mol. The molecule has 1 spiro atoms. The number of rotatable bonds is 0. The van der Waals surface area contributed by atoms with Crippen molar-refractivity contribution in [3.05, 3.63) is 35.4 Å². The van der Waals surface area contributed by atoms with Crippen LogP contribution in [0, 0.1) is 0 Å². The molecule has 1 fully saturated rings. The van der Waals surface area contributed by atoms with E-state index in [1.165, 1.54) is 11.1 Å². The van der Waals surface area contributed by atoms with Gasteiger partial charge >= 0.3 is 0 Å². The van der Waals surface area contributed by atoms with Crippen LogP contribution < -0.4 is 5.32 Å². The molecule has 1 amide bonds. The number of carbonyl (C=O) groups excluding carboxylic acids is 1. The fourth-order valence-electron chi connectivity index (χ4n) is 2.83. The summed E-state index contributed by atoms with van der Waals surface area (Å²) in [6.45, 7) is 0.836. The summed E-state index contributed by atoms with van der Waals surface area (Å²) in [7, 11) is 0. The molecule has 0 radical (unpaired) electrons. The molecular weight excluding hydrogens is 174 g/mol. The minimum atomic E-state index is 0.133. The quantitative estimate of drug-likeness (QED) is 0.653. The Morgan fingerprint density at radius 1 is 1.29 bits per heavy atom. The molecule has 1 aromatic rings. The molecule has 0 bridgehead atoms. The highest BCUT2D eigenvalue weighted by atomic mass is 16.1. The number of aryl methyl sites for hydroxylation is 1. The van der Waals surface area contributed by atoms with Crippen LogP contribution in [0.4, 0.5) is 0 Å². The Bertz CT molecular complexity index is 399. The van der Waals surface area contributed by atoms with E-state index < -0.39 is 0 Å². The molecule has 0 saturated carbocycles. The van der Waals surface area contributed by atoms with Crippen molar-refractivity contribution in [3.8, 4) is 0 Å². The predicted octanol–water partition coefficient (Wildman–Crippen LogP) is 1.39. The SMILES string of the molecule is O=C1CC2(CCc3ccccc32)CN1. The molecule has 2 aliphatic rings. The fraction of sp³-hybridized carbons (Fsp3) is 0.417. The normalized spacial score (nSPS) is 29.3. The Labute approximate surface area is 83.3 Å². The summed E-state index contributed by atoms with van der Waals surface area (Å²) < 4.78 is 0. The van der Waals surface area contributed by atoms with Crippen molar-refractivity contribution < 1.29 is 4.79 Å². The minimum Gasteiger partial charge on any atom is -0.355 e. The summed E-state index contributed by atoms with van der Waals surface area (Å²) in [5.41, 5.74) is 2.97. The Hall–Kier alpha value is -1.31. The van der Waals surface area contributed by atoms with E-state index in [1.54, 1.807) is 0 Å². The second-order valence-electron chi connectivity index (χ2n) is 4.39. The lowest BCUT2D eigenvalue weighted by Gasteiger charge is -2.21. The zero-order chi connectivity index (χ0) is 9.60. The van der Waals surface area contributed by atoms with E-state index >= 15 is 0 Å². The smallest absolute Gasteiger partial charge is 0.220 e. The van der Waals surface area contributed by atoms with Crippen LogP contribution in [0.2, 0.25) is 0 Å². The van der Waals surface area contributed by atoms with Gasteiger partial charge in [-0.2, -0.15) is 0 Å². The molecule has 0 aromatic heterocycles. The van der Waals surface area contributed by atoms with E-state index in [1.807, 2.05) is 0 Å². The molecule has 1 atom stereocenters. The van der Waals surface area contributed by atoms with E-state index in [4.69, 9.17) is 0 Å². The average Bonchev–Trinajstić information content (AvgIpc) is 2.75. The first-order chi connectivity index (χ1) is 6.80. The van der Waals surface area contributed by atoms with Crippen LogP contribution in [0.5, 0.6) is 0 Å². The summed E-state index contributed by atoms with van der Waals surface area (Å²) in [5.74, 6) is 0.210. The van der Waals surface area contributed by atoms with Crippen molar-refractivity contribution in [2.75, 3.05) is 6.54 Å². The van der Waals surface area contributed by atoms with Crippen LogP contribution in [-0.4, -0.2) is 12.5 Å². The van der Waals surface area contributed by atoms with Crippen LogP contribution in [0.15, 0.2) is 24.3 Å². The molecule has 1 aliphatic heterocycles. The van der Waals surface area contributed by atoms with Gasteiger partial charge in [0.15, 0.2) is 0 Å². The van der Waals surface area contributed by atoms with Gasteiger partial charge < -0.3 is 5.32 Å². The van der Waals surface area contributed by atoms with Crippen molar-refractivity contribution in [2.24, 2.45) is 0 Å². The fourth-order valence-corrected chi connectivity index (χ4v) is 2.83. The van der Waals surface area contributed by atoms with Crippen LogP contribution in [0.3, 0.4) is 0 Å². The Morgan fingerprint density at radius 3 is 2.93 bits per heavy atom. The molecule has 2 heteroatoms. The van der Waals surface area contributed by atoms with Gasteiger partial charge in [0, 0.05) is 18.4 Å². The van der Waals surface area contributed by atoms with Crippen LogP contribution in [0.1, 0.15) is 24.0 Å². The largest absolute Gasteiger partial charge is 0.355 e. The first-order valence-electron chi connectivity index (χ1n) is 5.15. The molecule has 1 heterocycles. The number of fused-ring (bicyclic) bond motifs is 2. The number of hydrogen-bond acceptors (Lipinski definition) is 1. The van der Waals surface area contributed by atoms with Crippen molar-refractivity contribution >= 4 is 5.91 Å². The first-order valence-corrected chi connectivity index (χ1v) is 5.15. The van der Waals surface area contributed by atoms with E-state index in [9.17, 15) is 4.79 Å². The second-order valence-corrected chi connectivity index (χ2v) is 4.39. The third-order valence-electron chi connectivity index (χ3n) is 3.58. The number of amides is 1. The molecule has 1 saturated heterocycles. The summed E-state index contributed by atoms with van der Waals surface area (Å²) in [6.07, 6.45) is 2.94. The molecule has 1 N–H and O–H groups in total. The molecule has 3 rings (SSSR count). The van der Waals surface area contributed by atoms with Crippen LogP contribution in [0.25, 0.3) is 0 Å². The van der Waals surface area contributed by atoms with Gasteiger partial charge in [0.25, 0.3) is 0 Å². The molecule has 1 aromatic carbocycles. The van der Waals surface area contributed by atoms with Gasteiger partial charge in [-0.05, 0) is 24.0 Å². The molecular formula is C12H13NO. The zero-order valence-electron chi connectivity index (χ0n) is 8.05. The van der Waals surface area contributed by atoms with Crippen molar-refractivity contribution in [2.45, 2.75) is 24.7 Å². The van der Waals surface area contributed by atoms with Crippen molar-refractivity contribution in [1.29, 1.82) is 0 Å². The van der Waals surface area contributed by atoms with Gasteiger partial charge in [-0.1, -0.05) is 24.3 Å². The summed E-state index contributed by atoms with van der Waals surface area (Å²) in [5, 5.41) is 2.95. The maximum absolute atomic E-state index is 11.3. The second kappa shape index (κ2) is 2.59. The number of carbonyl (C=O) groups is 1. The Morgan fingerprint density at radius 2 is 2.14 bits per heavy atom. The first kappa shape index (κ1) is 8.04. The minimum absolute atomic E-state index is 0.133. The average molecular weight is 187 g/mol. The van der Waals surface area contributed by atoms with E-state index in [2.05, 4.69) is 29.6 Å². The lowest BCUT2D eigenvalue weighted by molar-refractivity contribution is -0.119. The molecule has 1 unspecified atom stereocenters. The van der Waals surface area contributed by atoms with Crippen LogP contribution >= 0.6 is 0 Å². The number of nitrogens with one attached hydrogen (secondary N) is 1. The Kier molecular flexibility index (Phi) is 1.49. The Balaban J connectivity index is 2.09. The van der Waals surface area contributed by atoms with E-state index in [0.29, 0.717) is 6.42 Å². The molecule has 72 valence electrons. The van der Waals surface area contributed by atoms with Gasteiger partial charge in [-0.3, -0.25) is 4.79 Å². The zero-order valence-corrected chi connectivity index (χ0v) is 8.05. The predicted molar refractivity (Wildman–Crippen MR) is 54.1 cm³/mol. The third-order valence-corrected chi connectivity index (χ3v) is 3.58. The summed E-state index contributed by atoms with van der Waals surface area (Å²) >= 11 is 0.